The van der Waals surface area contributed by atoms with Crippen molar-refractivity contribution in [2.45, 2.75) is 31.3 Å². The minimum absolute atomic E-state index is 0.242. The van der Waals surface area contributed by atoms with E-state index in [4.69, 9.17) is 5.73 Å². The van der Waals surface area contributed by atoms with Crippen molar-refractivity contribution in [2.24, 2.45) is 0 Å². The highest BCUT2D eigenvalue weighted by atomic mass is 16.3. The number of amides is 1. The lowest BCUT2D eigenvalue weighted by Crippen LogP contribution is -2.42. The topological polar surface area (TPSA) is 79.5 Å². The van der Waals surface area contributed by atoms with Crippen LogP contribution in [0.5, 0.6) is 0 Å². The van der Waals surface area contributed by atoms with Crippen LogP contribution >= 0.6 is 0 Å². The maximum atomic E-state index is 12.2. The van der Waals surface area contributed by atoms with Crippen molar-refractivity contribution in [3.8, 4) is 0 Å². The highest BCUT2D eigenvalue weighted by Crippen LogP contribution is 2.30. The van der Waals surface area contributed by atoms with Crippen LogP contribution in [0.4, 0.5) is 5.69 Å². The molecule has 0 unspecified atom stereocenters. The summed E-state index contributed by atoms with van der Waals surface area (Å²) >= 11 is 0. The van der Waals surface area contributed by atoms with E-state index in [2.05, 4.69) is 4.98 Å². The average molecular weight is 249 g/mol. The summed E-state index contributed by atoms with van der Waals surface area (Å²) in [4.78, 5) is 17.7. The Balaban J connectivity index is 2.07. The van der Waals surface area contributed by atoms with E-state index in [1.54, 1.807) is 25.4 Å². The van der Waals surface area contributed by atoms with Gasteiger partial charge in [-0.15, -0.1) is 0 Å². The van der Waals surface area contributed by atoms with Gasteiger partial charge in [0.05, 0.1) is 11.3 Å². The van der Waals surface area contributed by atoms with Crippen molar-refractivity contribution < 1.29 is 9.90 Å². The monoisotopic (exact) mass is 249 g/mol. The summed E-state index contributed by atoms with van der Waals surface area (Å²) in [5.74, 6) is -0.242. The normalized spacial score (nSPS) is 17.7. The van der Waals surface area contributed by atoms with Crippen LogP contribution in [0.1, 0.15) is 36.2 Å². The van der Waals surface area contributed by atoms with E-state index < -0.39 is 5.60 Å². The molecular formula is C13H19N3O2. The first-order valence-electron chi connectivity index (χ1n) is 6.20. The van der Waals surface area contributed by atoms with Crippen LogP contribution in [0.3, 0.4) is 0 Å². The van der Waals surface area contributed by atoms with E-state index in [9.17, 15) is 9.90 Å². The zero-order chi connectivity index (χ0) is 13.2. The van der Waals surface area contributed by atoms with Gasteiger partial charge in [-0.2, -0.15) is 0 Å². The van der Waals surface area contributed by atoms with E-state index in [1.165, 1.54) is 4.90 Å². The number of aliphatic hydroxyl groups is 1. The van der Waals surface area contributed by atoms with Gasteiger partial charge in [0.15, 0.2) is 5.69 Å². The molecule has 5 nitrogen and oxygen atoms in total. The van der Waals surface area contributed by atoms with Crippen LogP contribution in [0, 0.1) is 0 Å². The molecule has 3 N–H and O–H groups in total. The molecular weight excluding hydrogens is 230 g/mol. The van der Waals surface area contributed by atoms with Crippen molar-refractivity contribution in [2.75, 3.05) is 19.3 Å². The Morgan fingerprint density at radius 1 is 1.56 bits per heavy atom. The molecule has 2 rings (SSSR count). The molecule has 1 fully saturated rings. The first-order chi connectivity index (χ1) is 8.52. The second-order valence-electron chi connectivity index (χ2n) is 5.03. The number of carbonyl (C=O) groups is 1. The van der Waals surface area contributed by atoms with Gasteiger partial charge in [0.2, 0.25) is 0 Å². The molecule has 0 saturated heterocycles. The first kappa shape index (κ1) is 12.8. The molecule has 0 aliphatic heterocycles. The molecule has 1 aromatic rings. The third kappa shape index (κ3) is 2.61. The van der Waals surface area contributed by atoms with Crippen LogP contribution in [-0.4, -0.2) is 40.1 Å². The number of likely N-dealkylation sites (N-methyl/N-ethyl adjacent to an activating group) is 1. The summed E-state index contributed by atoms with van der Waals surface area (Å²) < 4.78 is 0. The van der Waals surface area contributed by atoms with Crippen molar-refractivity contribution in [3.63, 3.8) is 0 Å². The van der Waals surface area contributed by atoms with Gasteiger partial charge in [0, 0.05) is 19.8 Å². The van der Waals surface area contributed by atoms with Crippen molar-refractivity contribution >= 4 is 11.6 Å². The zero-order valence-corrected chi connectivity index (χ0v) is 10.6. The number of hydrogen-bond acceptors (Lipinski definition) is 4. The third-order valence-corrected chi connectivity index (χ3v) is 3.45. The number of nitrogens with zero attached hydrogens (tertiary/aromatic N) is 2. The maximum absolute atomic E-state index is 12.2. The number of anilines is 1. The van der Waals surface area contributed by atoms with E-state index in [1.807, 2.05) is 0 Å². The molecule has 1 amide bonds. The summed E-state index contributed by atoms with van der Waals surface area (Å²) in [5, 5.41) is 10.3. The van der Waals surface area contributed by atoms with Gasteiger partial charge in [-0.25, -0.2) is 4.98 Å². The lowest BCUT2D eigenvalue weighted by atomic mass is 10.0. The molecule has 18 heavy (non-hydrogen) atoms. The average Bonchev–Trinajstić information content (AvgIpc) is 2.75. The van der Waals surface area contributed by atoms with Crippen molar-refractivity contribution in [1.82, 2.24) is 9.88 Å². The molecule has 0 radical (unpaired) electrons. The second kappa shape index (κ2) is 4.94. The Kier molecular flexibility index (Phi) is 3.52. The lowest BCUT2D eigenvalue weighted by Gasteiger charge is -2.28. The fourth-order valence-electron chi connectivity index (χ4n) is 2.48. The Morgan fingerprint density at radius 3 is 2.83 bits per heavy atom. The van der Waals surface area contributed by atoms with Crippen molar-refractivity contribution in [1.29, 1.82) is 0 Å². The molecule has 1 aromatic heterocycles. The molecule has 98 valence electrons. The standard InChI is InChI=1S/C13H19N3O2/c1-16(9-13(18)6-2-3-7-13)12(17)11-10(14)5-4-8-15-11/h4-5,8,18H,2-3,6-7,9,14H2,1H3. The molecule has 1 aliphatic carbocycles. The molecule has 0 atom stereocenters. The highest BCUT2D eigenvalue weighted by molar-refractivity contribution is 5.96. The van der Waals surface area contributed by atoms with Gasteiger partial charge in [0.1, 0.15) is 0 Å². The van der Waals surface area contributed by atoms with Gasteiger partial charge < -0.3 is 15.7 Å². The quantitative estimate of drug-likeness (QED) is 0.839. The van der Waals surface area contributed by atoms with Gasteiger partial charge in [-0.05, 0) is 25.0 Å². The summed E-state index contributed by atoms with van der Waals surface area (Å²) in [7, 11) is 1.67. The molecule has 5 heteroatoms. The zero-order valence-electron chi connectivity index (χ0n) is 10.6. The predicted octanol–water partition coefficient (Wildman–Crippen LogP) is 1.04. The SMILES string of the molecule is CN(CC1(O)CCCC1)C(=O)c1ncccc1N. The van der Waals surface area contributed by atoms with E-state index >= 15 is 0 Å². The number of nitrogens with two attached hydrogens (primary N) is 1. The third-order valence-electron chi connectivity index (χ3n) is 3.45. The number of hydrogen-bond donors (Lipinski definition) is 2. The van der Waals surface area contributed by atoms with Crippen LogP contribution in [0.15, 0.2) is 18.3 Å². The van der Waals surface area contributed by atoms with E-state index in [0.29, 0.717) is 12.2 Å². The molecule has 0 spiro atoms. The minimum Gasteiger partial charge on any atom is -0.397 e. The van der Waals surface area contributed by atoms with E-state index in [0.717, 1.165) is 25.7 Å². The number of pyridine rings is 1. The number of nitrogen functional groups attached to an aromatic ring is 1. The van der Waals surface area contributed by atoms with Gasteiger partial charge in [-0.3, -0.25) is 4.79 Å². The molecule has 0 bridgehead atoms. The molecule has 1 aliphatic rings. The summed E-state index contributed by atoms with van der Waals surface area (Å²) in [6.45, 7) is 0.335. The van der Waals surface area contributed by atoms with Crippen LogP contribution in [0.25, 0.3) is 0 Å². The smallest absolute Gasteiger partial charge is 0.274 e. The second-order valence-corrected chi connectivity index (χ2v) is 5.03. The van der Waals surface area contributed by atoms with Crippen molar-refractivity contribution in [3.05, 3.63) is 24.0 Å². The lowest BCUT2D eigenvalue weighted by molar-refractivity contribution is 0.0155. The number of aromatic nitrogens is 1. The number of rotatable bonds is 3. The van der Waals surface area contributed by atoms with E-state index in [-0.39, 0.29) is 11.6 Å². The summed E-state index contributed by atoms with van der Waals surface area (Å²) in [6.07, 6.45) is 5.08. The Labute approximate surface area is 107 Å². The van der Waals surface area contributed by atoms with Crippen LogP contribution in [-0.2, 0) is 0 Å². The van der Waals surface area contributed by atoms with Gasteiger partial charge in [0.25, 0.3) is 5.91 Å². The highest BCUT2D eigenvalue weighted by Gasteiger charge is 2.34. The largest absolute Gasteiger partial charge is 0.397 e. The predicted molar refractivity (Wildman–Crippen MR) is 69.0 cm³/mol. The fourth-order valence-corrected chi connectivity index (χ4v) is 2.48. The molecule has 1 heterocycles. The summed E-state index contributed by atoms with van der Waals surface area (Å²) in [5.41, 5.74) is 5.61. The number of carbonyl (C=O) groups excluding carboxylic acids is 1. The Hall–Kier alpha value is -1.62. The Morgan fingerprint density at radius 2 is 2.22 bits per heavy atom. The first-order valence-corrected chi connectivity index (χ1v) is 6.20. The minimum atomic E-state index is -0.742. The molecule has 1 saturated carbocycles. The molecule has 0 aromatic carbocycles. The maximum Gasteiger partial charge on any atom is 0.274 e. The summed E-state index contributed by atoms with van der Waals surface area (Å²) in [6, 6.07) is 3.34. The Bertz CT molecular complexity index is 442. The van der Waals surface area contributed by atoms with Gasteiger partial charge >= 0.3 is 0 Å². The fraction of sp³-hybridized carbons (Fsp3) is 0.538. The van der Waals surface area contributed by atoms with Crippen LogP contribution in [0.2, 0.25) is 0 Å². The van der Waals surface area contributed by atoms with Crippen LogP contribution < -0.4 is 5.73 Å². The van der Waals surface area contributed by atoms with Gasteiger partial charge in [-0.1, -0.05) is 12.8 Å².